The number of hydrogen-bond donors (Lipinski definition) is 1. The summed E-state index contributed by atoms with van der Waals surface area (Å²) < 4.78 is 29.3. The second kappa shape index (κ2) is 10.7. The van der Waals surface area contributed by atoms with Crippen LogP contribution in [0.2, 0.25) is 0 Å². The molecule has 0 aliphatic rings. The third-order valence-corrected chi connectivity index (χ3v) is 4.31. The van der Waals surface area contributed by atoms with Crippen molar-refractivity contribution in [3.63, 3.8) is 0 Å². The molecule has 0 radical (unpaired) electrons. The van der Waals surface area contributed by atoms with Crippen molar-refractivity contribution in [2.24, 2.45) is 5.10 Å². The zero-order valence-electron chi connectivity index (χ0n) is 17.5. The number of esters is 1. The number of hydrazone groups is 1. The molecule has 0 fully saturated rings. The molecule has 0 aliphatic carbocycles. The first kappa shape index (κ1) is 22.5. The number of aryl methyl sites for hydroxylation is 1. The van der Waals surface area contributed by atoms with Crippen molar-refractivity contribution in [2.75, 3.05) is 13.7 Å². The molecular formula is C24H21FN2O5. The second-order valence-corrected chi connectivity index (χ2v) is 6.66. The first-order valence-electron chi connectivity index (χ1n) is 9.62. The number of hydrogen-bond acceptors (Lipinski definition) is 6. The minimum Gasteiger partial charge on any atom is -0.493 e. The van der Waals surface area contributed by atoms with Crippen LogP contribution in [-0.4, -0.2) is 31.8 Å². The molecular weight excluding hydrogens is 415 g/mol. The maximum Gasteiger partial charge on any atom is 0.343 e. The van der Waals surface area contributed by atoms with Gasteiger partial charge in [-0.3, -0.25) is 4.79 Å². The number of amides is 1. The monoisotopic (exact) mass is 436 g/mol. The van der Waals surface area contributed by atoms with Gasteiger partial charge >= 0.3 is 5.97 Å². The molecule has 0 atom stereocenters. The second-order valence-electron chi connectivity index (χ2n) is 6.66. The molecule has 0 unspecified atom stereocenters. The van der Waals surface area contributed by atoms with Crippen LogP contribution in [0.15, 0.2) is 71.8 Å². The van der Waals surface area contributed by atoms with Gasteiger partial charge < -0.3 is 14.2 Å². The maximum atomic E-state index is 13.3. The number of benzene rings is 3. The van der Waals surface area contributed by atoms with Gasteiger partial charge in [-0.15, -0.1) is 0 Å². The van der Waals surface area contributed by atoms with E-state index in [0.29, 0.717) is 11.3 Å². The molecule has 3 rings (SSSR count). The number of carbonyl (C=O) groups is 2. The number of nitrogens with zero attached hydrogens (tertiary/aromatic N) is 1. The summed E-state index contributed by atoms with van der Waals surface area (Å²) in [6.07, 6.45) is 1.41. The highest BCUT2D eigenvalue weighted by Gasteiger charge is 2.13. The van der Waals surface area contributed by atoms with E-state index in [1.165, 1.54) is 37.6 Å². The first-order chi connectivity index (χ1) is 15.5. The highest BCUT2D eigenvalue weighted by atomic mass is 19.1. The topological polar surface area (TPSA) is 86.2 Å². The molecule has 0 bridgehead atoms. The van der Waals surface area contributed by atoms with E-state index >= 15 is 0 Å². The van der Waals surface area contributed by atoms with Crippen molar-refractivity contribution in [3.05, 3.63) is 89.2 Å². The van der Waals surface area contributed by atoms with Crippen LogP contribution < -0.4 is 19.6 Å². The number of ether oxygens (including phenoxy) is 3. The van der Waals surface area contributed by atoms with Crippen molar-refractivity contribution in [2.45, 2.75) is 6.92 Å². The molecule has 3 aromatic carbocycles. The summed E-state index contributed by atoms with van der Waals surface area (Å²) in [6, 6.07) is 17.3. The highest BCUT2D eigenvalue weighted by molar-refractivity contribution is 5.91. The van der Waals surface area contributed by atoms with Crippen LogP contribution in [-0.2, 0) is 4.79 Å². The van der Waals surface area contributed by atoms with E-state index in [-0.39, 0.29) is 23.7 Å². The van der Waals surface area contributed by atoms with Gasteiger partial charge in [-0.25, -0.2) is 14.6 Å². The minimum atomic E-state index is -0.717. The summed E-state index contributed by atoms with van der Waals surface area (Å²) in [4.78, 5) is 24.1. The summed E-state index contributed by atoms with van der Waals surface area (Å²) in [7, 11) is 1.42. The van der Waals surface area contributed by atoms with Gasteiger partial charge in [0.25, 0.3) is 5.91 Å². The Morgan fingerprint density at radius 2 is 1.81 bits per heavy atom. The summed E-state index contributed by atoms with van der Waals surface area (Å²) in [5, 5.41) is 3.89. The van der Waals surface area contributed by atoms with E-state index in [0.717, 1.165) is 11.6 Å². The number of rotatable bonds is 8. The lowest BCUT2D eigenvalue weighted by Crippen LogP contribution is -2.24. The lowest BCUT2D eigenvalue weighted by molar-refractivity contribution is -0.123. The van der Waals surface area contributed by atoms with Crippen molar-refractivity contribution in [3.8, 4) is 17.2 Å². The summed E-state index contributed by atoms with van der Waals surface area (Å²) >= 11 is 0. The van der Waals surface area contributed by atoms with Gasteiger partial charge in [0, 0.05) is 0 Å². The molecule has 0 saturated carbocycles. The zero-order chi connectivity index (χ0) is 22.9. The Kier molecular flexibility index (Phi) is 7.53. The fraction of sp³-hybridized carbons (Fsp3) is 0.125. The average molecular weight is 436 g/mol. The zero-order valence-corrected chi connectivity index (χ0v) is 17.5. The number of carbonyl (C=O) groups excluding carboxylic acids is 2. The van der Waals surface area contributed by atoms with E-state index < -0.39 is 17.7 Å². The molecule has 0 spiro atoms. The van der Waals surface area contributed by atoms with Crippen molar-refractivity contribution < 1.29 is 28.2 Å². The predicted molar refractivity (Wildman–Crippen MR) is 117 cm³/mol. The quantitative estimate of drug-likeness (QED) is 0.251. The van der Waals surface area contributed by atoms with Gasteiger partial charge in [0.05, 0.1) is 18.9 Å². The Morgan fingerprint density at radius 1 is 1.00 bits per heavy atom. The standard InChI is InChI=1S/C24H21FN2O5/c1-16-6-3-4-9-20(16)31-15-23(28)27-26-14-17-10-11-21(22(12-17)30-2)32-24(29)18-7-5-8-19(25)13-18/h3-14H,15H2,1-2H3,(H,27,28)/b26-14-. The highest BCUT2D eigenvalue weighted by Crippen LogP contribution is 2.28. The number of para-hydroxylation sites is 1. The van der Waals surface area contributed by atoms with Gasteiger partial charge in [-0.2, -0.15) is 5.10 Å². The molecule has 1 N–H and O–H groups in total. The largest absolute Gasteiger partial charge is 0.493 e. The van der Waals surface area contributed by atoms with Crippen molar-refractivity contribution in [1.82, 2.24) is 5.43 Å². The summed E-state index contributed by atoms with van der Waals surface area (Å²) in [6.45, 7) is 1.71. The normalized spacial score (nSPS) is 10.6. The van der Waals surface area contributed by atoms with E-state index in [1.54, 1.807) is 18.2 Å². The predicted octanol–water partition coefficient (Wildman–Crippen LogP) is 3.89. The maximum absolute atomic E-state index is 13.3. The average Bonchev–Trinajstić information content (AvgIpc) is 2.79. The van der Waals surface area contributed by atoms with Gasteiger partial charge in [0.1, 0.15) is 11.6 Å². The van der Waals surface area contributed by atoms with Crippen LogP contribution in [0.1, 0.15) is 21.5 Å². The number of nitrogens with one attached hydrogen (secondary N) is 1. The van der Waals surface area contributed by atoms with Crippen LogP contribution in [0.4, 0.5) is 4.39 Å². The van der Waals surface area contributed by atoms with E-state index in [9.17, 15) is 14.0 Å². The molecule has 3 aromatic rings. The molecule has 1 amide bonds. The van der Waals surface area contributed by atoms with Crippen LogP contribution in [0.5, 0.6) is 17.2 Å². The fourth-order valence-electron chi connectivity index (χ4n) is 2.70. The van der Waals surface area contributed by atoms with Gasteiger partial charge in [-0.1, -0.05) is 24.3 Å². The van der Waals surface area contributed by atoms with E-state index in [1.807, 2.05) is 25.1 Å². The Bertz CT molecular complexity index is 1150. The lowest BCUT2D eigenvalue weighted by Gasteiger charge is -2.10. The van der Waals surface area contributed by atoms with E-state index in [4.69, 9.17) is 14.2 Å². The van der Waals surface area contributed by atoms with E-state index in [2.05, 4.69) is 10.5 Å². The summed E-state index contributed by atoms with van der Waals surface area (Å²) in [5.41, 5.74) is 3.97. The fourth-order valence-corrected chi connectivity index (χ4v) is 2.70. The van der Waals surface area contributed by atoms with Crippen LogP contribution >= 0.6 is 0 Å². The molecule has 32 heavy (non-hydrogen) atoms. The SMILES string of the molecule is COc1cc(/C=N\NC(=O)COc2ccccc2C)ccc1OC(=O)c1cccc(F)c1. The third kappa shape index (κ3) is 6.15. The summed E-state index contributed by atoms with van der Waals surface area (Å²) in [5.74, 6) is -0.617. The van der Waals surface area contributed by atoms with Crippen LogP contribution in [0, 0.1) is 12.7 Å². The molecule has 0 heterocycles. The number of halogens is 1. The molecule has 0 aliphatic heterocycles. The minimum absolute atomic E-state index is 0.0771. The van der Waals surface area contributed by atoms with Crippen LogP contribution in [0.3, 0.4) is 0 Å². The Balaban J connectivity index is 1.58. The lowest BCUT2D eigenvalue weighted by atomic mass is 10.2. The smallest absolute Gasteiger partial charge is 0.343 e. The van der Waals surface area contributed by atoms with Crippen molar-refractivity contribution in [1.29, 1.82) is 0 Å². The molecule has 8 heteroatoms. The first-order valence-corrected chi connectivity index (χ1v) is 9.62. The molecule has 164 valence electrons. The Labute approximate surface area is 184 Å². The van der Waals surface area contributed by atoms with Crippen molar-refractivity contribution >= 4 is 18.1 Å². The van der Waals surface area contributed by atoms with Gasteiger partial charge in [-0.05, 0) is 60.5 Å². The molecule has 0 aromatic heterocycles. The van der Waals surface area contributed by atoms with Crippen LogP contribution in [0.25, 0.3) is 0 Å². The Hall–Kier alpha value is -4.20. The van der Waals surface area contributed by atoms with Gasteiger partial charge in [0.15, 0.2) is 18.1 Å². The molecule has 0 saturated heterocycles. The number of methoxy groups -OCH3 is 1. The molecule has 7 nitrogen and oxygen atoms in total. The van der Waals surface area contributed by atoms with Gasteiger partial charge in [0.2, 0.25) is 0 Å². The third-order valence-electron chi connectivity index (χ3n) is 4.31. The Morgan fingerprint density at radius 3 is 2.56 bits per heavy atom.